The Balaban J connectivity index is 1.58. The second kappa shape index (κ2) is 9.57. The first-order chi connectivity index (χ1) is 15.8. The highest BCUT2D eigenvalue weighted by molar-refractivity contribution is 7.12. The van der Waals surface area contributed by atoms with Gasteiger partial charge in [-0.05, 0) is 54.3 Å². The first kappa shape index (κ1) is 23.3. The van der Waals surface area contributed by atoms with Crippen LogP contribution in [-0.2, 0) is 24.4 Å². The number of hydrogen-bond donors (Lipinski definition) is 0. The quantitative estimate of drug-likeness (QED) is 0.358. The molecule has 0 spiro atoms. The molecule has 5 nitrogen and oxygen atoms in total. The predicted molar refractivity (Wildman–Crippen MR) is 129 cm³/mol. The molecule has 0 atom stereocenters. The summed E-state index contributed by atoms with van der Waals surface area (Å²) < 4.78 is 16.8. The minimum Gasteiger partial charge on any atom is -0.497 e. The topological polar surface area (TPSA) is 61.8 Å². The molecule has 7 heteroatoms. The number of benzene rings is 2. The highest BCUT2D eigenvalue weighted by Gasteiger charge is 2.36. The van der Waals surface area contributed by atoms with Gasteiger partial charge in [-0.15, -0.1) is 11.3 Å². The van der Waals surface area contributed by atoms with E-state index in [2.05, 4.69) is 13.8 Å². The molecule has 0 N–H and O–H groups in total. The summed E-state index contributed by atoms with van der Waals surface area (Å²) in [4.78, 5) is 27.5. The van der Waals surface area contributed by atoms with Crippen LogP contribution in [-0.4, -0.2) is 18.9 Å². The lowest BCUT2D eigenvalue weighted by Gasteiger charge is -2.28. The minimum absolute atomic E-state index is 0.00462. The Bertz CT molecular complexity index is 1180. The van der Waals surface area contributed by atoms with E-state index in [0.29, 0.717) is 28.3 Å². The molecule has 172 valence electrons. The van der Waals surface area contributed by atoms with Crippen molar-refractivity contribution in [3.63, 3.8) is 0 Å². The van der Waals surface area contributed by atoms with E-state index in [1.165, 1.54) is 0 Å². The number of ketones is 1. The molecular weight excluding hydrogens is 460 g/mol. The van der Waals surface area contributed by atoms with Gasteiger partial charge in [0.25, 0.3) is 0 Å². The molecule has 3 aromatic rings. The Labute approximate surface area is 202 Å². The number of methoxy groups -OCH3 is 1. The fourth-order valence-corrected chi connectivity index (χ4v) is 5.66. The maximum Gasteiger partial charge on any atom is 0.338 e. The van der Waals surface area contributed by atoms with Gasteiger partial charge in [0.15, 0.2) is 5.78 Å². The van der Waals surface area contributed by atoms with Gasteiger partial charge in [0.2, 0.25) is 0 Å². The molecule has 1 aromatic heterocycles. The molecule has 0 saturated carbocycles. The van der Waals surface area contributed by atoms with Gasteiger partial charge in [-0.2, -0.15) is 0 Å². The van der Waals surface area contributed by atoms with Crippen LogP contribution in [0, 0.1) is 5.41 Å². The molecular formula is C26H25ClO5S. The molecule has 1 aliphatic rings. The average molecular weight is 485 g/mol. The molecule has 0 fully saturated rings. The Morgan fingerprint density at radius 3 is 2.48 bits per heavy atom. The number of esters is 1. The average Bonchev–Trinajstić information content (AvgIpc) is 3.12. The van der Waals surface area contributed by atoms with Gasteiger partial charge in [-0.25, -0.2) is 4.79 Å². The van der Waals surface area contributed by atoms with Gasteiger partial charge < -0.3 is 14.2 Å². The van der Waals surface area contributed by atoms with E-state index in [1.54, 1.807) is 42.7 Å². The third-order valence-corrected chi connectivity index (χ3v) is 7.00. The second-order valence-electron chi connectivity index (χ2n) is 8.79. The maximum absolute atomic E-state index is 13.0. The van der Waals surface area contributed by atoms with Gasteiger partial charge >= 0.3 is 5.97 Å². The van der Waals surface area contributed by atoms with Crippen molar-refractivity contribution in [1.29, 1.82) is 0 Å². The van der Waals surface area contributed by atoms with Gasteiger partial charge in [0.05, 0.1) is 12.7 Å². The van der Waals surface area contributed by atoms with Crippen LogP contribution in [0.2, 0.25) is 5.02 Å². The molecule has 1 heterocycles. The number of thiophene rings is 1. The molecule has 4 rings (SSSR count). The molecule has 1 aliphatic carbocycles. The van der Waals surface area contributed by atoms with E-state index in [0.717, 1.165) is 27.5 Å². The number of rotatable bonds is 7. The summed E-state index contributed by atoms with van der Waals surface area (Å²) in [6.07, 6.45) is 1.27. The van der Waals surface area contributed by atoms with Gasteiger partial charge in [-0.1, -0.05) is 31.5 Å². The van der Waals surface area contributed by atoms with Crippen molar-refractivity contribution in [2.24, 2.45) is 5.41 Å². The molecule has 0 radical (unpaired) electrons. The number of carbonyl (C=O) groups excluding carboxylic acids is 2. The Morgan fingerprint density at radius 2 is 1.79 bits per heavy atom. The predicted octanol–water partition coefficient (Wildman–Crippen LogP) is 6.50. The van der Waals surface area contributed by atoms with E-state index >= 15 is 0 Å². The van der Waals surface area contributed by atoms with Crippen molar-refractivity contribution < 1.29 is 23.8 Å². The van der Waals surface area contributed by atoms with E-state index in [-0.39, 0.29) is 24.4 Å². The number of carbonyl (C=O) groups is 2. The van der Waals surface area contributed by atoms with Crippen LogP contribution in [0.5, 0.6) is 11.5 Å². The largest absolute Gasteiger partial charge is 0.497 e. The van der Waals surface area contributed by atoms with E-state index in [1.807, 2.05) is 24.3 Å². The number of ether oxygens (including phenoxy) is 3. The molecule has 0 aliphatic heterocycles. The normalized spacial score (nSPS) is 14.5. The minimum atomic E-state index is -0.483. The third kappa shape index (κ3) is 5.40. The first-order valence-corrected chi connectivity index (χ1v) is 11.8. The molecule has 0 amide bonds. The lowest BCUT2D eigenvalue weighted by Crippen LogP contribution is -2.26. The summed E-state index contributed by atoms with van der Waals surface area (Å²) in [5, 5.41) is 0.461. The standard InChI is InChI=1S/C26H25ClO5S/c1-26(2)12-21(28)24-20(14-32-25(29)16-5-4-6-17(27)11-16)23(33-22(24)13-26)15-31-19-9-7-18(30-3)8-10-19/h4-11H,12-15H2,1-3H3. The summed E-state index contributed by atoms with van der Waals surface area (Å²) in [6.45, 7) is 4.48. The second-order valence-corrected chi connectivity index (χ2v) is 10.4. The lowest BCUT2D eigenvalue weighted by atomic mass is 9.76. The van der Waals surface area contributed by atoms with Crippen molar-refractivity contribution in [2.75, 3.05) is 7.11 Å². The fourth-order valence-electron chi connectivity index (χ4n) is 3.96. The molecule has 33 heavy (non-hydrogen) atoms. The summed E-state index contributed by atoms with van der Waals surface area (Å²) in [5.74, 6) is 1.04. The zero-order chi connectivity index (χ0) is 23.6. The monoisotopic (exact) mass is 484 g/mol. The smallest absolute Gasteiger partial charge is 0.338 e. The van der Waals surface area contributed by atoms with Crippen LogP contribution in [0.15, 0.2) is 48.5 Å². The van der Waals surface area contributed by atoms with Crippen molar-refractivity contribution >= 4 is 34.7 Å². The van der Waals surface area contributed by atoms with E-state index < -0.39 is 5.97 Å². The van der Waals surface area contributed by atoms with Crippen molar-refractivity contribution in [2.45, 2.75) is 39.9 Å². The molecule has 0 bridgehead atoms. The lowest BCUT2D eigenvalue weighted by molar-refractivity contribution is 0.0468. The Kier molecular flexibility index (Phi) is 6.77. The maximum atomic E-state index is 13.0. The van der Waals surface area contributed by atoms with Crippen LogP contribution in [0.1, 0.15) is 56.3 Å². The Morgan fingerprint density at radius 1 is 1.06 bits per heavy atom. The zero-order valence-electron chi connectivity index (χ0n) is 18.8. The summed E-state index contributed by atoms with van der Waals surface area (Å²) >= 11 is 7.56. The van der Waals surface area contributed by atoms with Crippen LogP contribution >= 0.6 is 22.9 Å². The van der Waals surface area contributed by atoms with Crippen LogP contribution < -0.4 is 9.47 Å². The summed E-state index contributed by atoms with van der Waals surface area (Å²) in [6, 6.07) is 13.9. The third-order valence-electron chi connectivity index (χ3n) is 5.56. The molecule has 0 unspecified atom stereocenters. The SMILES string of the molecule is COc1ccc(OCc2sc3c(c2COC(=O)c2cccc(Cl)c2)C(=O)CC(C)(C)C3)cc1. The van der Waals surface area contributed by atoms with E-state index in [9.17, 15) is 9.59 Å². The number of fused-ring (bicyclic) bond motifs is 1. The number of Topliss-reactive ketones (excluding diaryl/α,β-unsaturated/α-hetero) is 1. The van der Waals surface area contributed by atoms with Crippen molar-refractivity contribution in [1.82, 2.24) is 0 Å². The highest BCUT2D eigenvalue weighted by atomic mass is 35.5. The fraction of sp³-hybridized carbons (Fsp3) is 0.308. The highest BCUT2D eigenvalue weighted by Crippen LogP contribution is 2.42. The van der Waals surface area contributed by atoms with Crippen molar-refractivity contribution in [3.8, 4) is 11.5 Å². The first-order valence-electron chi connectivity index (χ1n) is 10.6. The van der Waals surface area contributed by atoms with Crippen LogP contribution in [0.3, 0.4) is 0 Å². The van der Waals surface area contributed by atoms with Crippen LogP contribution in [0.25, 0.3) is 0 Å². The van der Waals surface area contributed by atoms with Gasteiger partial charge in [0.1, 0.15) is 24.7 Å². The molecule has 0 saturated heterocycles. The number of hydrogen-bond acceptors (Lipinski definition) is 6. The summed E-state index contributed by atoms with van der Waals surface area (Å²) in [7, 11) is 1.61. The Hall–Kier alpha value is -2.83. The van der Waals surface area contributed by atoms with Crippen LogP contribution in [0.4, 0.5) is 0 Å². The summed E-state index contributed by atoms with van der Waals surface area (Å²) in [5.41, 5.74) is 1.69. The van der Waals surface area contributed by atoms with Gasteiger partial charge in [-0.3, -0.25) is 4.79 Å². The molecule has 2 aromatic carbocycles. The van der Waals surface area contributed by atoms with Gasteiger partial charge in [0, 0.05) is 32.3 Å². The van der Waals surface area contributed by atoms with E-state index in [4.69, 9.17) is 25.8 Å². The number of halogens is 1. The zero-order valence-corrected chi connectivity index (χ0v) is 20.3. The van der Waals surface area contributed by atoms with Crippen molar-refractivity contribution in [3.05, 3.63) is 80.0 Å².